The Morgan fingerprint density at radius 1 is 1.23 bits per heavy atom. The zero-order valence-electron chi connectivity index (χ0n) is 17.2. The molecule has 0 radical (unpaired) electrons. The largest absolute Gasteiger partial charge is 0.445 e. The van der Waals surface area contributed by atoms with Crippen LogP contribution in [0.5, 0.6) is 0 Å². The van der Waals surface area contributed by atoms with Crippen molar-refractivity contribution in [2.75, 3.05) is 20.1 Å². The molecule has 30 heavy (non-hydrogen) atoms. The number of likely N-dealkylation sites (N-methyl/N-ethyl adjacent to an activating group) is 1. The van der Waals surface area contributed by atoms with E-state index in [1.165, 1.54) is 0 Å². The summed E-state index contributed by atoms with van der Waals surface area (Å²) >= 11 is 0. The fourth-order valence-corrected chi connectivity index (χ4v) is 4.12. The molecule has 4 rings (SSSR count). The number of carbonyl (C=O) groups is 1. The standard InChI is InChI=1S/C24H26N4O2/c1-26(15-20-16-27-12-6-5-11-23(27)22(20)14-25)21-10-7-13-28(17-21)24(29)30-18-19-8-3-2-4-9-19/h2-6,8-9,11-12,16,21H,7,10,13,15,17-18H2,1H3. The van der Waals surface area contributed by atoms with Crippen LogP contribution >= 0.6 is 0 Å². The molecule has 0 N–H and O–H groups in total. The van der Waals surface area contributed by atoms with Gasteiger partial charge in [0.1, 0.15) is 12.7 Å². The molecule has 0 saturated carbocycles. The normalized spacial score (nSPS) is 16.6. The van der Waals surface area contributed by atoms with Crippen LogP contribution in [-0.4, -0.2) is 46.5 Å². The third kappa shape index (κ3) is 4.32. The van der Waals surface area contributed by atoms with E-state index < -0.39 is 0 Å². The van der Waals surface area contributed by atoms with Crippen LogP contribution in [0.25, 0.3) is 5.52 Å². The Hall–Kier alpha value is -3.30. The number of hydrogen-bond acceptors (Lipinski definition) is 4. The molecule has 1 aromatic carbocycles. The van der Waals surface area contributed by atoms with E-state index in [2.05, 4.69) is 18.0 Å². The highest BCUT2D eigenvalue weighted by molar-refractivity contribution is 5.68. The quantitative estimate of drug-likeness (QED) is 0.646. The number of benzene rings is 1. The number of hydrogen-bond donors (Lipinski definition) is 0. The molecule has 1 aliphatic heterocycles. The van der Waals surface area contributed by atoms with E-state index in [0.29, 0.717) is 19.7 Å². The highest BCUT2D eigenvalue weighted by atomic mass is 16.6. The summed E-state index contributed by atoms with van der Waals surface area (Å²) in [5.41, 5.74) is 3.65. The van der Waals surface area contributed by atoms with Gasteiger partial charge in [-0.25, -0.2) is 4.79 Å². The lowest BCUT2D eigenvalue weighted by molar-refractivity contribution is 0.0654. The number of piperidine rings is 1. The van der Waals surface area contributed by atoms with Gasteiger partial charge in [0.25, 0.3) is 0 Å². The van der Waals surface area contributed by atoms with E-state index >= 15 is 0 Å². The van der Waals surface area contributed by atoms with Crippen molar-refractivity contribution >= 4 is 11.6 Å². The average molecular weight is 402 g/mol. The molecule has 1 unspecified atom stereocenters. The van der Waals surface area contributed by atoms with E-state index in [0.717, 1.165) is 41.6 Å². The van der Waals surface area contributed by atoms with Crippen LogP contribution < -0.4 is 0 Å². The van der Waals surface area contributed by atoms with E-state index in [4.69, 9.17) is 4.74 Å². The molecule has 1 aliphatic rings. The summed E-state index contributed by atoms with van der Waals surface area (Å²) < 4.78 is 7.51. The van der Waals surface area contributed by atoms with Gasteiger partial charge in [-0.05, 0) is 37.6 Å². The Morgan fingerprint density at radius 3 is 2.83 bits per heavy atom. The number of rotatable bonds is 5. The van der Waals surface area contributed by atoms with E-state index in [9.17, 15) is 10.1 Å². The predicted molar refractivity (Wildman–Crippen MR) is 115 cm³/mol. The highest BCUT2D eigenvalue weighted by Crippen LogP contribution is 2.22. The van der Waals surface area contributed by atoms with Crippen LogP contribution in [0, 0.1) is 11.3 Å². The number of likely N-dealkylation sites (tertiary alicyclic amines) is 1. The van der Waals surface area contributed by atoms with Crippen molar-refractivity contribution < 1.29 is 9.53 Å². The van der Waals surface area contributed by atoms with Gasteiger partial charge in [0.15, 0.2) is 0 Å². The molecule has 6 nitrogen and oxygen atoms in total. The van der Waals surface area contributed by atoms with Gasteiger partial charge in [-0.15, -0.1) is 0 Å². The molecule has 0 aliphatic carbocycles. The zero-order chi connectivity index (χ0) is 20.9. The van der Waals surface area contributed by atoms with E-state index in [1.54, 1.807) is 4.90 Å². The first-order valence-corrected chi connectivity index (χ1v) is 10.3. The first-order chi connectivity index (χ1) is 14.7. The number of ether oxygens (including phenoxy) is 1. The maximum atomic E-state index is 12.6. The van der Waals surface area contributed by atoms with Gasteiger partial charge in [-0.3, -0.25) is 4.90 Å². The number of aromatic nitrogens is 1. The van der Waals surface area contributed by atoms with Crippen LogP contribution in [-0.2, 0) is 17.9 Å². The van der Waals surface area contributed by atoms with Crippen LogP contribution in [0.4, 0.5) is 4.79 Å². The van der Waals surface area contributed by atoms with Crippen molar-refractivity contribution in [1.82, 2.24) is 14.2 Å². The molecule has 2 aromatic heterocycles. The number of fused-ring (bicyclic) bond motifs is 1. The molecule has 0 bridgehead atoms. The second kappa shape index (κ2) is 9.02. The summed E-state index contributed by atoms with van der Waals surface area (Å²) in [6, 6.07) is 18.2. The van der Waals surface area contributed by atoms with Crippen molar-refractivity contribution in [2.45, 2.75) is 32.0 Å². The Kier molecular flexibility index (Phi) is 6.01. The van der Waals surface area contributed by atoms with Crippen molar-refractivity contribution in [3.8, 4) is 6.07 Å². The molecular weight excluding hydrogens is 376 g/mol. The third-order valence-corrected chi connectivity index (χ3v) is 5.78. The molecule has 6 heteroatoms. The van der Waals surface area contributed by atoms with Gasteiger partial charge in [-0.1, -0.05) is 36.4 Å². The second-order valence-corrected chi connectivity index (χ2v) is 7.83. The minimum atomic E-state index is -0.260. The number of amides is 1. The molecule has 3 heterocycles. The number of pyridine rings is 1. The Bertz CT molecular complexity index is 1050. The molecule has 1 atom stereocenters. The van der Waals surface area contributed by atoms with Crippen LogP contribution in [0.1, 0.15) is 29.5 Å². The van der Waals surface area contributed by atoms with Gasteiger partial charge in [0.05, 0.1) is 11.1 Å². The number of carbonyl (C=O) groups excluding carboxylic acids is 1. The minimum absolute atomic E-state index is 0.234. The molecule has 1 saturated heterocycles. The molecule has 3 aromatic rings. The number of nitriles is 1. The van der Waals surface area contributed by atoms with Crippen molar-refractivity contribution in [3.05, 3.63) is 77.6 Å². The lowest BCUT2D eigenvalue weighted by atomic mass is 10.0. The van der Waals surface area contributed by atoms with E-state index in [-0.39, 0.29) is 12.1 Å². The lowest BCUT2D eigenvalue weighted by Crippen LogP contribution is -2.48. The molecule has 154 valence electrons. The Labute approximate surface area is 176 Å². The van der Waals surface area contributed by atoms with Crippen LogP contribution in [0.2, 0.25) is 0 Å². The fraction of sp³-hybridized carbons (Fsp3) is 0.333. The van der Waals surface area contributed by atoms with Gasteiger partial charge in [0, 0.05) is 43.6 Å². The summed E-state index contributed by atoms with van der Waals surface area (Å²) in [6.07, 6.45) is 5.69. The molecule has 1 amide bonds. The maximum absolute atomic E-state index is 12.6. The monoisotopic (exact) mass is 402 g/mol. The SMILES string of the molecule is CN(Cc1cn2ccccc2c1C#N)C1CCCN(C(=O)OCc2ccccc2)C1. The summed E-state index contributed by atoms with van der Waals surface area (Å²) in [5.74, 6) is 0. The molecule has 0 spiro atoms. The summed E-state index contributed by atoms with van der Waals surface area (Å²) in [5, 5.41) is 9.65. The first-order valence-electron chi connectivity index (χ1n) is 10.3. The smallest absolute Gasteiger partial charge is 0.410 e. The van der Waals surface area contributed by atoms with Gasteiger partial charge in [-0.2, -0.15) is 5.26 Å². The highest BCUT2D eigenvalue weighted by Gasteiger charge is 2.28. The predicted octanol–water partition coefficient (Wildman–Crippen LogP) is 4.04. The lowest BCUT2D eigenvalue weighted by Gasteiger charge is -2.37. The van der Waals surface area contributed by atoms with Crippen LogP contribution in [0.3, 0.4) is 0 Å². The Balaban J connectivity index is 1.38. The second-order valence-electron chi connectivity index (χ2n) is 7.83. The molecule has 1 fully saturated rings. The van der Waals surface area contributed by atoms with Gasteiger partial charge >= 0.3 is 6.09 Å². The van der Waals surface area contributed by atoms with Crippen molar-refractivity contribution in [1.29, 1.82) is 5.26 Å². The summed E-state index contributed by atoms with van der Waals surface area (Å²) in [4.78, 5) is 16.6. The summed E-state index contributed by atoms with van der Waals surface area (Å²) in [6.45, 7) is 2.32. The van der Waals surface area contributed by atoms with E-state index in [1.807, 2.05) is 65.3 Å². The minimum Gasteiger partial charge on any atom is -0.445 e. The maximum Gasteiger partial charge on any atom is 0.410 e. The molecular formula is C24H26N4O2. The summed E-state index contributed by atoms with van der Waals surface area (Å²) in [7, 11) is 2.06. The van der Waals surface area contributed by atoms with Crippen molar-refractivity contribution in [2.24, 2.45) is 0 Å². The van der Waals surface area contributed by atoms with Crippen LogP contribution in [0.15, 0.2) is 60.9 Å². The topological polar surface area (TPSA) is 61.0 Å². The fourth-order valence-electron chi connectivity index (χ4n) is 4.12. The first kappa shape index (κ1) is 20.0. The zero-order valence-corrected chi connectivity index (χ0v) is 17.2. The van der Waals surface area contributed by atoms with Gasteiger partial charge in [0.2, 0.25) is 0 Å². The average Bonchev–Trinajstić information content (AvgIpc) is 3.15. The Morgan fingerprint density at radius 2 is 2.03 bits per heavy atom. The number of nitrogens with zero attached hydrogens (tertiary/aromatic N) is 4. The van der Waals surface area contributed by atoms with Gasteiger partial charge < -0.3 is 14.0 Å². The third-order valence-electron chi connectivity index (χ3n) is 5.78. The van der Waals surface area contributed by atoms with Crippen molar-refractivity contribution in [3.63, 3.8) is 0 Å².